The Balaban J connectivity index is 1.62. The number of carbonyl (C=O) groups excluding carboxylic acids is 2. The number of amides is 1. The number of ketones is 1. The van der Waals surface area contributed by atoms with Crippen molar-refractivity contribution >= 4 is 27.7 Å². The zero-order valence-electron chi connectivity index (χ0n) is 24.8. The fourth-order valence-corrected chi connectivity index (χ4v) is 6.73. The number of rotatable bonds is 5. The lowest BCUT2D eigenvalue weighted by Gasteiger charge is -2.37. The van der Waals surface area contributed by atoms with Crippen molar-refractivity contribution in [1.29, 1.82) is 0 Å². The molecular weight excluding hydrogens is 552 g/mol. The van der Waals surface area contributed by atoms with E-state index in [4.69, 9.17) is 4.74 Å². The minimum absolute atomic E-state index is 0.0620. The highest BCUT2D eigenvalue weighted by Gasteiger charge is 2.33. The first kappa shape index (κ1) is 29.7. The fraction of sp³-hybridized carbons (Fsp3) is 0.438. The molecule has 3 aromatic rings. The molecule has 5 rings (SSSR count). The second-order valence-corrected chi connectivity index (χ2v) is 14.3. The van der Waals surface area contributed by atoms with Crippen LogP contribution in [0, 0.1) is 25.2 Å². The smallest absolute Gasteiger partial charge is 0.264 e. The van der Waals surface area contributed by atoms with Crippen LogP contribution >= 0.6 is 0 Å². The highest BCUT2D eigenvalue weighted by atomic mass is 32.2. The first-order chi connectivity index (χ1) is 19.8. The molecule has 1 aromatic heterocycles. The molecule has 2 aromatic carbocycles. The first-order valence-electron chi connectivity index (χ1n) is 14.3. The lowest BCUT2D eigenvalue weighted by Crippen LogP contribution is -2.47. The largest absolute Gasteiger partial charge is 0.475 e. The summed E-state index contributed by atoms with van der Waals surface area (Å²) in [5.74, 6) is 0.313. The van der Waals surface area contributed by atoms with Gasteiger partial charge >= 0.3 is 0 Å². The van der Waals surface area contributed by atoms with Gasteiger partial charge in [-0.15, -0.1) is 0 Å². The van der Waals surface area contributed by atoms with Crippen LogP contribution in [-0.2, 0) is 14.8 Å². The van der Waals surface area contributed by atoms with E-state index in [0.717, 1.165) is 16.7 Å². The van der Waals surface area contributed by atoms with E-state index in [-0.39, 0.29) is 58.0 Å². The number of aromatic nitrogens is 2. The Bertz CT molecular complexity index is 1600. The Morgan fingerprint density at radius 1 is 1.00 bits per heavy atom. The summed E-state index contributed by atoms with van der Waals surface area (Å²) < 4.78 is 35.8. The van der Waals surface area contributed by atoms with E-state index in [1.807, 2.05) is 32.0 Å². The summed E-state index contributed by atoms with van der Waals surface area (Å²) in [4.78, 5) is 36.4. The summed E-state index contributed by atoms with van der Waals surface area (Å²) in [5, 5.41) is 0. The van der Waals surface area contributed by atoms with Gasteiger partial charge in [-0.3, -0.25) is 9.59 Å². The zero-order valence-corrected chi connectivity index (χ0v) is 25.6. The summed E-state index contributed by atoms with van der Waals surface area (Å²) in [6, 6.07) is 13.3. The molecular formula is C32H38N4O5S. The number of nitrogens with zero attached hydrogens (tertiary/aromatic N) is 3. The van der Waals surface area contributed by atoms with Crippen LogP contribution in [0.15, 0.2) is 53.4 Å². The highest BCUT2D eigenvalue weighted by molar-refractivity contribution is 7.92. The molecule has 0 unspecified atom stereocenters. The van der Waals surface area contributed by atoms with Gasteiger partial charge in [0.15, 0.2) is 0 Å². The number of hydrogen-bond acceptors (Lipinski definition) is 7. The van der Waals surface area contributed by atoms with Crippen LogP contribution in [0.5, 0.6) is 5.88 Å². The molecule has 1 N–H and O–H groups in total. The van der Waals surface area contributed by atoms with Crippen molar-refractivity contribution < 1.29 is 22.7 Å². The van der Waals surface area contributed by atoms with Crippen LogP contribution in [0.25, 0.3) is 11.3 Å². The third-order valence-electron chi connectivity index (χ3n) is 7.84. The highest BCUT2D eigenvalue weighted by Crippen LogP contribution is 2.32. The topological polar surface area (TPSA) is 119 Å². The van der Waals surface area contributed by atoms with Crippen LogP contribution in [0.3, 0.4) is 0 Å². The lowest BCUT2D eigenvalue weighted by atomic mass is 9.81. The number of ether oxygens (including phenoxy) is 1. The van der Waals surface area contributed by atoms with Crippen molar-refractivity contribution in [3.63, 3.8) is 0 Å². The van der Waals surface area contributed by atoms with Crippen LogP contribution < -0.4 is 9.46 Å². The second-order valence-electron chi connectivity index (χ2n) is 12.6. The number of aryl methyl sites for hydroxylation is 2. The number of hydrogen-bond donors (Lipinski definition) is 1. The van der Waals surface area contributed by atoms with Crippen molar-refractivity contribution in [2.45, 2.75) is 71.2 Å². The van der Waals surface area contributed by atoms with Gasteiger partial charge in [0.1, 0.15) is 12.4 Å². The Morgan fingerprint density at radius 3 is 2.36 bits per heavy atom. The number of sulfonamides is 1. The molecule has 2 heterocycles. The van der Waals surface area contributed by atoms with Crippen LogP contribution in [0.2, 0.25) is 0 Å². The molecule has 1 amide bonds. The maximum Gasteiger partial charge on any atom is 0.264 e. The number of benzene rings is 2. The monoisotopic (exact) mass is 590 g/mol. The summed E-state index contributed by atoms with van der Waals surface area (Å²) in [7, 11) is -4.13. The number of Topliss-reactive ketones (excluding diaryl/α,β-unsaturated/α-hetero) is 1. The Kier molecular flexibility index (Phi) is 8.11. The summed E-state index contributed by atoms with van der Waals surface area (Å²) in [5.41, 5.74) is 3.50. The van der Waals surface area contributed by atoms with Gasteiger partial charge in [0.25, 0.3) is 15.9 Å². The summed E-state index contributed by atoms with van der Waals surface area (Å²) in [6.07, 6.45) is 2.39. The van der Waals surface area contributed by atoms with E-state index in [2.05, 4.69) is 35.5 Å². The van der Waals surface area contributed by atoms with Gasteiger partial charge in [-0.05, 0) is 67.3 Å². The van der Waals surface area contributed by atoms with E-state index in [1.165, 1.54) is 12.1 Å². The maximum atomic E-state index is 14.1. The van der Waals surface area contributed by atoms with Crippen molar-refractivity contribution in [3.8, 4) is 17.1 Å². The average molecular weight is 591 g/mol. The molecule has 42 heavy (non-hydrogen) atoms. The Hall–Kier alpha value is -3.79. The second kappa shape index (κ2) is 11.5. The predicted molar refractivity (Wildman–Crippen MR) is 161 cm³/mol. The molecule has 0 spiro atoms. The number of nitrogens with one attached hydrogen (secondary N) is 1. The van der Waals surface area contributed by atoms with Crippen molar-refractivity contribution in [2.24, 2.45) is 11.3 Å². The van der Waals surface area contributed by atoms with Gasteiger partial charge < -0.3 is 9.64 Å². The van der Waals surface area contributed by atoms with Crippen molar-refractivity contribution in [2.75, 3.05) is 17.9 Å². The van der Waals surface area contributed by atoms with E-state index in [9.17, 15) is 18.0 Å². The summed E-state index contributed by atoms with van der Waals surface area (Å²) in [6.45, 7) is 10.9. The molecule has 0 saturated heterocycles. The molecule has 4 bridgehead atoms. The standard InChI is InChI=1S/C32H38N4O5S/c1-20-8-6-9-21(2)29(20)27-17-28-34-31(33-27)35-42(39,40)26-11-7-10-23(16-26)30(38)36(13-12-22-14-25(37)15-22)24(19-41-28)18-32(3,4)5/h6-11,16-17,22,24H,12-15,18-19H2,1-5H3,(H,33,34,35)/t24-/m1/s1. The van der Waals surface area contributed by atoms with Gasteiger partial charge in [0.05, 0.1) is 16.6 Å². The van der Waals surface area contributed by atoms with Crippen LogP contribution in [0.1, 0.15) is 67.9 Å². The first-order valence-corrected chi connectivity index (χ1v) is 15.8. The molecule has 1 aliphatic heterocycles. The molecule has 1 fully saturated rings. The Labute approximate surface area is 247 Å². The SMILES string of the molecule is Cc1cccc(C)c1-c1cc2nc(n1)NS(=O)(=O)c1cccc(c1)C(=O)N(CCC1CC(=O)C1)[C@H](CC(C)(C)C)CO2. The molecule has 1 saturated carbocycles. The third kappa shape index (κ3) is 6.64. The normalized spacial score (nSPS) is 19.1. The van der Waals surface area contributed by atoms with E-state index in [1.54, 1.807) is 23.1 Å². The minimum atomic E-state index is -4.13. The molecule has 0 radical (unpaired) electrons. The predicted octanol–water partition coefficient (Wildman–Crippen LogP) is 5.57. The van der Waals surface area contributed by atoms with Crippen molar-refractivity contribution in [3.05, 3.63) is 65.2 Å². The van der Waals surface area contributed by atoms with Gasteiger partial charge in [0.2, 0.25) is 11.8 Å². The van der Waals surface area contributed by atoms with Gasteiger partial charge in [-0.1, -0.05) is 45.0 Å². The average Bonchev–Trinajstić information content (AvgIpc) is 2.89. The Morgan fingerprint density at radius 2 is 1.69 bits per heavy atom. The van der Waals surface area contributed by atoms with E-state index in [0.29, 0.717) is 37.9 Å². The van der Waals surface area contributed by atoms with Gasteiger partial charge in [0, 0.05) is 36.6 Å². The number of anilines is 1. The van der Waals surface area contributed by atoms with Crippen LogP contribution in [-0.4, -0.2) is 54.2 Å². The fourth-order valence-electron chi connectivity index (χ4n) is 5.74. The quantitative estimate of drug-likeness (QED) is 0.413. The summed E-state index contributed by atoms with van der Waals surface area (Å²) >= 11 is 0. The molecule has 1 atom stereocenters. The zero-order chi connectivity index (χ0) is 30.2. The lowest BCUT2D eigenvalue weighted by molar-refractivity contribution is -0.127. The van der Waals surface area contributed by atoms with Crippen molar-refractivity contribution in [1.82, 2.24) is 14.9 Å². The minimum Gasteiger partial charge on any atom is -0.475 e. The molecule has 1 aliphatic carbocycles. The third-order valence-corrected chi connectivity index (χ3v) is 9.17. The molecule has 222 valence electrons. The van der Waals surface area contributed by atoms with Gasteiger partial charge in [-0.25, -0.2) is 18.1 Å². The maximum absolute atomic E-state index is 14.1. The van der Waals surface area contributed by atoms with E-state index < -0.39 is 10.0 Å². The number of fused-ring (bicyclic) bond motifs is 4. The number of carbonyl (C=O) groups is 2. The molecule has 2 aliphatic rings. The van der Waals surface area contributed by atoms with Crippen LogP contribution in [0.4, 0.5) is 5.95 Å². The molecule has 10 heteroatoms. The van der Waals surface area contributed by atoms with Gasteiger partial charge in [-0.2, -0.15) is 4.98 Å². The van der Waals surface area contributed by atoms with E-state index >= 15 is 0 Å². The molecule has 9 nitrogen and oxygen atoms in total.